The van der Waals surface area contributed by atoms with Crippen LogP contribution in [0, 0.1) is 0 Å². The van der Waals surface area contributed by atoms with Gasteiger partial charge in [-0.15, -0.1) is 0 Å². The summed E-state index contributed by atoms with van der Waals surface area (Å²) >= 11 is 0. The number of oxime groups is 1. The van der Waals surface area contributed by atoms with Gasteiger partial charge in [0.15, 0.2) is 5.60 Å². The molecular weight excluding hydrogens is 292 g/mol. The first-order valence-electron chi connectivity index (χ1n) is 7.62. The maximum absolute atomic E-state index is 12.5. The van der Waals surface area contributed by atoms with Crippen LogP contribution in [-0.4, -0.2) is 45.2 Å². The first-order valence-corrected chi connectivity index (χ1v) is 7.62. The van der Waals surface area contributed by atoms with Crippen LogP contribution in [0.3, 0.4) is 0 Å². The zero-order chi connectivity index (χ0) is 15.7. The van der Waals surface area contributed by atoms with Gasteiger partial charge in [-0.3, -0.25) is 14.8 Å². The molecule has 0 N–H and O–H groups in total. The predicted octanol–water partition coefficient (Wildman–Crippen LogP) is 1.89. The van der Waals surface area contributed by atoms with Crippen LogP contribution in [0.2, 0.25) is 0 Å². The van der Waals surface area contributed by atoms with E-state index in [0.717, 1.165) is 17.7 Å². The largest absolute Gasteiger partial charge is 0.387 e. The topological polar surface area (TPSA) is 67.7 Å². The summed E-state index contributed by atoms with van der Waals surface area (Å²) < 4.78 is 0. The molecule has 4 rings (SSSR count). The molecule has 0 aromatic carbocycles. The number of nitrogens with zero attached hydrogens (tertiary/aromatic N) is 4. The van der Waals surface area contributed by atoms with Crippen LogP contribution >= 0.6 is 0 Å². The van der Waals surface area contributed by atoms with Crippen molar-refractivity contribution in [2.24, 2.45) is 5.16 Å². The Kier molecular flexibility index (Phi) is 3.29. The Labute approximate surface area is 133 Å². The van der Waals surface area contributed by atoms with E-state index >= 15 is 0 Å². The highest BCUT2D eigenvalue weighted by Gasteiger charge is 2.47. The molecule has 0 radical (unpaired) electrons. The summed E-state index contributed by atoms with van der Waals surface area (Å²) in [5.41, 5.74) is 1.93. The van der Waals surface area contributed by atoms with Gasteiger partial charge in [0.2, 0.25) is 0 Å². The molecule has 1 unspecified atom stereocenters. The molecule has 23 heavy (non-hydrogen) atoms. The highest BCUT2D eigenvalue weighted by atomic mass is 16.7. The second-order valence-electron chi connectivity index (χ2n) is 5.92. The quantitative estimate of drug-likeness (QED) is 0.849. The summed E-state index contributed by atoms with van der Waals surface area (Å²) in [5.74, 6) is -0.0547. The van der Waals surface area contributed by atoms with Crippen LogP contribution in [0.5, 0.6) is 0 Å². The number of carbonyl (C=O) groups is 1. The van der Waals surface area contributed by atoms with Crippen molar-refractivity contribution in [3.8, 4) is 0 Å². The number of pyridine rings is 2. The molecule has 2 aliphatic rings. The lowest BCUT2D eigenvalue weighted by Gasteiger charge is -2.21. The molecule has 0 saturated carbocycles. The van der Waals surface area contributed by atoms with E-state index < -0.39 is 5.60 Å². The van der Waals surface area contributed by atoms with Crippen molar-refractivity contribution in [2.75, 3.05) is 13.1 Å². The lowest BCUT2D eigenvalue weighted by molar-refractivity contribution is -0.00921. The van der Waals surface area contributed by atoms with Crippen molar-refractivity contribution in [3.63, 3.8) is 0 Å². The number of amides is 1. The van der Waals surface area contributed by atoms with Gasteiger partial charge in [0, 0.05) is 43.5 Å². The predicted molar refractivity (Wildman–Crippen MR) is 84.0 cm³/mol. The average Bonchev–Trinajstić information content (AvgIpc) is 3.23. The molecule has 0 aliphatic carbocycles. The Morgan fingerprint density at radius 2 is 2.17 bits per heavy atom. The monoisotopic (exact) mass is 308 g/mol. The summed E-state index contributed by atoms with van der Waals surface area (Å²) in [4.78, 5) is 28.3. The van der Waals surface area contributed by atoms with Crippen molar-refractivity contribution in [3.05, 3.63) is 60.2 Å². The van der Waals surface area contributed by atoms with E-state index in [4.69, 9.17) is 4.84 Å². The Bertz CT molecular complexity index is 748. The minimum Gasteiger partial charge on any atom is -0.387 e. The second-order valence-corrected chi connectivity index (χ2v) is 5.92. The van der Waals surface area contributed by atoms with Crippen LogP contribution < -0.4 is 0 Å². The van der Waals surface area contributed by atoms with Gasteiger partial charge in [0.1, 0.15) is 5.69 Å². The highest BCUT2D eigenvalue weighted by molar-refractivity contribution is 6.01. The van der Waals surface area contributed by atoms with Gasteiger partial charge in [-0.1, -0.05) is 11.2 Å². The molecule has 1 atom stereocenters. The fraction of sp³-hybridized carbons (Fsp3) is 0.294. The maximum atomic E-state index is 12.5. The fourth-order valence-electron chi connectivity index (χ4n) is 3.10. The molecule has 6 heteroatoms. The average molecular weight is 308 g/mol. The smallest absolute Gasteiger partial charge is 0.272 e. The molecule has 1 saturated heterocycles. The lowest BCUT2D eigenvalue weighted by Crippen LogP contribution is -2.36. The summed E-state index contributed by atoms with van der Waals surface area (Å²) in [6, 6.07) is 9.22. The van der Waals surface area contributed by atoms with Crippen molar-refractivity contribution in [2.45, 2.75) is 18.4 Å². The molecule has 0 bridgehead atoms. The Morgan fingerprint density at radius 1 is 1.22 bits per heavy atom. The summed E-state index contributed by atoms with van der Waals surface area (Å²) in [6.07, 6.45) is 6.63. The third kappa shape index (κ3) is 2.56. The molecule has 4 heterocycles. The van der Waals surface area contributed by atoms with Crippen LogP contribution in [0.4, 0.5) is 0 Å². The summed E-state index contributed by atoms with van der Waals surface area (Å²) in [7, 11) is 0. The second kappa shape index (κ2) is 5.46. The maximum Gasteiger partial charge on any atom is 0.272 e. The molecule has 116 valence electrons. The molecule has 2 aromatic rings. The molecule has 1 spiro atoms. The Balaban J connectivity index is 1.46. The van der Waals surface area contributed by atoms with Crippen molar-refractivity contribution in [1.82, 2.24) is 14.9 Å². The minimum absolute atomic E-state index is 0.0547. The fourth-order valence-corrected chi connectivity index (χ4v) is 3.10. The van der Waals surface area contributed by atoms with E-state index in [1.807, 2.05) is 18.2 Å². The van der Waals surface area contributed by atoms with E-state index in [0.29, 0.717) is 25.2 Å². The number of carbonyl (C=O) groups excluding carboxylic acids is 1. The highest BCUT2D eigenvalue weighted by Crippen LogP contribution is 2.35. The normalized spacial score (nSPS) is 23.0. The Morgan fingerprint density at radius 3 is 2.96 bits per heavy atom. The van der Waals surface area contributed by atoms with Crippen LogP contribution in [0.1, 0.15) is 28.9 Å². The first kappa shape index (κ1) is 13.9. The Hall–Kier alpha value is -2.76. The van der Waals surface area contributed by atoms with Crippen LogP contribution in [-0.2, 0) is 4.84 Å². The zero-order valence-electron chi connectivity index (χ0n) is 12.6. The third-order valence-electron chi connectivity index (χ3n) is 4.32. The van der Waals surface area contributed by atoms with Crippen molar-refractivity contribution < 1.29 is 9.63 Å². The molecule has 6 nitrogen and oxygen atoms in total. The van der Waals surface area contributed by atoms with Gasteiger partial charge in [-0.2, -0.15) is 0 Å². The van der Waals surface area contributed by atoms with Gasteiger partial charge in [-0.05, 0) is 24.3 Å². The van der Waals surface area contributed by atoms with Crippen LogP contribution in [0.15, 0.2) is 54.1 Å². The van der Waals surface area contributed by atoms with Gasteiger partial charge in [0.05, 0.1) is 12.3 Å². The minimum atomic E-state index is -0.407. The van der Waals surface area contributed by atoms with E-state index in [9.17, 15) is 4.79 Å². The zero-order valence-corrected chi connectivity index (χ0v) is 12.6. The molecular formula is C17H16N4O2. The van der Waals surface area contributed by atoms with Crippen molar-refractivity contribution in [1.29, 1.82) is 0 Å². The van der Waals surface area contributed by atoms with Gasteiger partial charge < -0.3 is 9.74 Å². The number of hydrogen-bond donors (Lipinski definition) is 0. The molecule has 2 aliphatic heterocycles. The molecule has 2 aromatic heterocycles. The molecule has 1 amide bonds. The number of hydrogen-bond acceptors (Lipinski definition) is 5. The van der Waals surface area contributed by atoms with Gasteiger partial charge >= 0.3 is 0 Å². The van der Waals surface area contributed by atoms with E-state index in [2.05, 4.69) is 15.1 Å². The third-order valence-corrected chi connectivity index (χ3v) is 4.32. The van der Waals surface area contributed by atoms with E-state index in [1.54, 1.807) is 35.6 Å². The first-order chi connectivity index (χ1) is 11.3. The number of rotatable bonds is 2. The molecule has 1 fully saturated rings. The summed E-state index contributed by atoms with van der Waals surface area (Å²) in [5, 5.41) is 4.23. The van der Waals surface area contributed by atoms with Crippen molar-refractivity contribution >= 4 is 11.6 Å². The lowest BCUT2D eigenvalue weighted by atomic mass is 9.94. The van der Waals surface area contributed by atoms with E-state index in [1.165, 1.54) is 0 Å². The SMILES string of the molecule is O=C(c1ccccn1)N1CCC2(CC(c3cccnc3)=NO2)C1. The summed E-state index contributed by atoms with van der Waals surface area (Å²) in [6.45, 7) is 1.20. The number of likely N-dealkylation sites (tertiary alicyclic amines) is 1. The van der Waals surface area contributed by atoms with Gasteiger partial charge in [-0.25, -0.2) is 0 Å². The van der Waals surface area contributed by atoms with Gasteiger partial charge in [0.25, 0.3) is 5.91 Å². The van der Waals surface area contributed by atoms with Crippen LogP contribution in [0.25, 0.3) is 0 Å². The van der Waals surface area contributed by atoms with E-state index in [-0.39, 0.29) is 5.91 Å². The standard InChI is InChI=1S/C17H16N4O2/c22-16(14-5-1-2-8-19-14)21-9-6-17(12-21)10-15(20-23-17)13-4-3-7-18-11-13/h1-5,7-8,11H,6,9-10,12H2. The number of aromatic nitrogens is 2.